The minimum atomic E-state index is -0.300. The molecule has 0 unspecified atom stereocenters. The minimum absolute atomic E-state index is 0. The Morgan fingerprint density at radius 3 is 2.71 bits per heavy atom. The molecule has 5 nitrogen and oxygen atoms in total. The Balaban J connectivity index is 0.00000110. The molecule has 3 rings (SSSR count). The molecule has 1 fully saturated rings. The number of rotatable bonds is 3. The zero-order chi connectivity index (χ0) is 13.1. The first-order chi connectivity index (χ1) is 9.31. The van der Waals surface area contributed by atoms with Crippen molar-refractivity contribution in [1.29, 1.82) is 0 Å². The second kappa shape index (κ2) is 8.29. The molecule has 0 aliphatic carbocycles. The van der Waals surface area contributed by atoms with Crippen molar-refractivity contribution in [2.24, 2.45) is 0 Å². The molecule has 0 amide bonds. The molecule has 21 heavy (non-hydrogen) atoms. The van der Waals surface area contributed by atoms with Crippen molar-refractivity contribution >= 4 is 24.8 Å². The third-order valence-corrected chi connectivity index (χ3v) is 3.12. The van der Waals surface area contributed by atoms with Gasteiger partial charge in [0, 0.05) is 31.7 Å². The van der Waals surface area contributed by atoms with E-state index in [4.69, 9.17) is 4.52 Å². The van der Waals surface area contributed by atoms with E-state index in [1.165, 1.54) is 12.1 Å². The third kappa shape index (κ3) is 4.64. The van der Waals surface area contributed by atoms with Crippen molar-refractivity contribution in [2.75, 3.05) is 26.2 Å². The van der Waals surface area contributed by atoms with Crippen LogP contribution in [0.25, 0.3) is 11.4 Å². The van der Waals surface area contributed by atoms with Crippen LogP contribution in [0.2, 0.25) is 0 Å². The summed E-state index contributed by atoms with van der Waals surface area (Å²) in [7, 11) is 0. The van der Waals surface area contributed by atoms with Crippen LogP contribution < -0.4 is 5.32 Å². The fourth-order valence-corrected chi connectivity index (χ4v) is 2.12. The predicted octanol–water partition coefficient (Wildman–Crippen LogP) is 2.12. The number of benzene rings is 1. The molecule has 0 atom stereocenters. The first kappa shape index (κ1) is 17.8. The summed E-state index contributed by atoms with van der Waals surface area (Å²) in [6.45, 7) is 4.54. The monoisotopic (exact) mass is 334 g/mol. The number of nitrogens with zero attached hydrogens (tertiary/aromatic N) is 3. The summed E-state index contributed by atoms with van der Waals surface area (Å²) in [5.41, 5.74) is 0.635. The molecule has 1 aromatic carbocycles. The molecule has 1 aliphatic heterocycles. The molecule has 0 bridgehead atoms. The topological polar surface area (TPSA) is 54.2 Å². The van der Waals surface area contributed by atoms with Crippen LogP contribution in [0.3, 0.4) is 0 Å². The van der Waals surface area contributed by atoms with Crippen molar-refractivity contribution in [3.05, 3.63) is 36.0 Å². The first-order valence-electron chi connectivity index (χ1n) is 6.33. The van der Waals surface area contributed by atoms with E-state index in [0.717, 1.165) is 26.2 Å². The molecular formula is C13H17Cl2FN4O. The van der Waals surface area contributed by atoms with Gasteiger partial charge in [0.2, 0.25) is 11.7 Å². The summed E-state index contributed by atoms with van der Waals surface area (Å²) < 4.78 is 18.3. The molecule has 0 saturated carbocycles. The molecule has 1 aromatic heterocycles. The Bertz CT molecular complexity index is 561. The third-order valence-electron chi connectivity index (χ3n) is 3.12. The van der Waals surface area contributed by atoms with Crippen LogP contribution in [-0.2, 0) is 6.54 Å². The average molecular weight is 335 g/mol. The quantitative estimate of drug-likeness (QED) is 0.931. The Morgan fingerprint density at radius 2 is 2.00 bits per heavy atom. The van der Waals surface area contributed by atoms with Gasteiger partial charge in [-0.15, -0.1) is 24.8 Å². The number of hydrogen-bond acceptors (Lipinski definition) is 5. The summed E-state index contributed by atoms with van der Waals surface area (Å²) in [5, 5.41) is 7.19. The van der Waals surface area contributed by atoms with Gasteiger partial charge in [0.1, 0.15) is 5.82 Å². The van der Waals surface area contributed by atoms with E-state index in [9.17, 15) is 4.39 Å². The van der Waals surface area contributed by atoms with Crippen molar-refractivity contribution in [1.82, 2.24) is 20.4 Å². The van der Waals surface area contributed by atoms with Gasteiger partial charge in [0.15, 0.2) is 0 Å². The number of piperazine rings is 1. The van der Waals surface area contributed by atoms with Gasteiger partial charge < -0.3 is 9.84 Å². The zero-order valence-electron chi connectivity index (χ0n) is 11.3. The van der Waals surface area contributed by atoms with Crippen LogP contribution in [0.15, 0.2) is 28.8 Å². The van der Waals surface area contributed by atoms with Gasteiger partial charge in [-0.05, 0) is 12.1 Å². The second-order valence-corrected chi connectivity index (χ2v) is 4.55. The molecule has 1 saturated heterocycles. The van der Waals surface area contributed by atoms with E-state index in [2.05, 4.69) is 20.4 Å². The average Bonchev–Trinajstić information content (AvgIpc) is 2.88. The molecule has 2 aromatic rings. The molecule has 2 heterocycles. The standard InChI is InChI=1S/C13H15FN4O.2ClH/c14-11-3-1-2-10(8-11)13-16-12(19-17-13)9-18-6-4-15-5-7-18;;/h1-3,8,15H,4-7,9H2;2*1H. The molecule has 8 heteroatoms. The van der Waals surface area contributed by atoms with Crippen LogP contribution in [0, 0.1) is 5.82 Å². The van der Waals surface area contributed by atoms with E-state index in [0.29, 0.717) is 23.8 Å². The van der Waals surface area contributed by atoms with Crippen molar-refractivity contribution in [3.8, 4) is 11.4 Å². The van der Waals surface area contributed by atoms with Crippen molar-refractivity contribution < 1.29 is 8.91 Å². The maximum atomic E-state index is 13.1. The normalized spacial score (nSPS) is 15.1. The molecule has 0 radical (unpaired) electrons. The molecule has 1 aliphatic rings. The Hall–Kier alpha value is -1.21. The van der Waals surface area contributed by atoms with Gasteiger partial charge in [0.25, 0.3) is 0 Å². The Kier molecular flexibility index (Phi) is 7.04. The van der Waals surface area contributed by atoms with Crippen molar-refractivity contribution in [3.63, 3.8) is 0 Å². The van der Waals surface area contributed by atoms with Crippen LogP contribution in [0.1, 0.15) is 5.89 Å². The van der Waals surface area contributed by atoms with E-state index in [1.54, 1.807) is 12.1 Å². The highest BCUT2D eigenvalue weighted by atomic mass is 35.5. The predicted molar refractivity (Wildman–Crippen MR) is 82.3 cm³/mol. The summed E-state index contributed by atoms with van der Waals surface area (Å²) in [5.74, 6) is 0.705. The number of halogens is 3. The zero-order valence-corrected chi connectivity index (χ0v) is 12.9. The lowest BCUT2D eigenvalue weighted by Crippen LogP contribution is -2.42. The molecular weight excluding hydrogens is 318 g/mol. The van der Waals surface area contributed by atoms with Gasteiger partial charge >= 0.3 is 0 Å². The summed E-state index contributed by atoms with van der Waals surface area (Å²) in [6.07, 6.45) is 0. The second-order valence-electron chi connectivity index (χ2n) is 4.55. The van der Waals surface area contributed by atoms with Crippen LogP contribution in [0.5, 0.6) is 0 Å². The highest BCUT2D eigenvalue weighted by Gasteiger charge is 2.15. The van der Waals surface area contributed by atoms with Gasteiger partial charge in [-0.1, -0.05) is 17.3 Å². The maximum absolute atomic E-state index is 13.1. The molecule has 116 valence electrons. The minimum Gasteiger partial charge on any atom is -0.338 e. The SMILES string of the molecule is Cl.Cl.Fc1cccc(-c2noc(CN3CCNCC3)n2)c1. The smallest absolute Gasteiger partial charge is 0.241 e. The largest absolute Gasteiger partial charge is 0.338 e. The maximum Gasteiger partial charge on any atom is 0.241 e. The summed E-state index contributed by atoms with van der Waals surface area (Å²) in [6, 6.07) is 6.20. The first-order valence-corrected chi connectivity index (χ1v) is 6.33. The lowest BCUT2D eigenvalue weighted by atomic mass is 10.2. The highest BCUT2D eigenvalue weighted by Crippen LogP contribution is 2.17. The highest BCUT2D eigenvalue weighted by molar-refractivity contribution is 5.85. The van der Waals surface area contributed by atoms with Crippen LogP contribution in [-0.4, -0.2) is 41.2 Å². The summed E-state index contributed by atoms with van der Waals surface area (Å²) >= 11 is 0. The van der Waals surface area contributed by atoms with E-state index < -0.39 is 0 Å². The van der Waals surface area contributed by atoms with E-state index >= 15 is 0 Å². The van der Waals surface area contributed by atoms with Gasteiger partial charge in [-0.3, -0.25) is 4.90 Å². The fourth-order valence-electron chi connectivity index (χ4n) is 2.12. The van der Waals surface area contributed by atoms with Crippen LogP contribution in [0.4, 0.5) is 4.39 Å². The lowest BCUT2D eigenvalue weighted by molar-refractivity contribution is 0.203. The van der Waals surface area contributed by atoms with Gasteiger partial charge in [-0.25, -0.2) is 4.39 Å². The van der Waals surface area contributed by atoms with E-state index in [-0.39, 0.29) is 30.6 Å². The van der Waals surface area contributed by atoms with Crippen molar-refractivity contribution in [2.45, 2.75) is 6.54 Å². The fraction of sp³-hybridized carbons (Fsp3) is 0.385. The van der Waals surface area contributed by atoms with E-state index in [1.807, 2.05) is 0 Å². The number of hydrogen-bond donors (Lipinski definition) is 1. The van der Waals surface area contributed by atoms with Gasteiger partial charge in [-0.2, -0.15) is 4.98 Å². The Labute approximate surface area is 134 Å². The number of aromatic nitrogens is 2. The van der Waals surface area contributed by atoms with Crippen LogP contribution >= 0.6 is 24.8 Å². The van der Waals surface area contributed by atoms with Gasteiger partial charge in [0.05, 0.1) is 6.54 Å². The number of nitrogens with one attached hydrogen (secondary N) is 1. The molecule has 1 N–H and O–H groups in total. The molecule has 0 spiro atoms. The Morgan fingerprint density at radius 1 is 1.24 bits per heavy atom. The lowest BCUT2D eigenvalue weighted by Gasteiger charge is -2.25. The summed E-state index contributed by atoms with van der Waals surface area (Å²) in [4.78, 5) is 6.56.